The molecular weight excluding hydrogens is 170 g/mol. The highest BCUT2D eigenvalue weighted by Gasteiger charge is 2.01. The molecule has 1 rings (SSSR count). The van der Waals surface area contributed by atoms with Crippen LogP contribution in [0.15, 0.2) is 18.2 Å². The van der Waals surface area contributed by atoms with Crippen molar-refractivity contribution in [2.75, 3.05) is 13.7 Å². The smallest absolute Gasteiger partial charge is 0.160 e. The standard InChI is InChI=1S/C9H13NO3/c1-13-9-6-7(4-5-10-12)2-3-8(9)11/h2-3,6,10-12H,4-5H2,1H3. The Morgan fingerprint density at radius 2 is 2.23 bits per heavy atom. The summed E-state index contributed by atoms with van der Waals surface area (Å²) in [6.45, 7) is 0.480. The molecule has 4 heteroatoms. The summed E-state index contributed by atoms with van der Waals surface area (Å²) < 4.78 is 4.93. The zero-order valence-electron chi connectivity index (χ0n) is 7.45. The molecule has 72 valence electrons. The van der Waals surface area contributed by atoms with Crippen molar-refractivity contribution in [2.45, 2.75) is 6.42 Å². The lowest BCUT2D eigenvalue weighted by Gasteiger charge is -2.05. The van der Waals surface area contributed by atoms with E-state index in [-0.39, 0.29) is 5.75 Å². The van der Waals surface area contributed by atoms with E-state index < -0.39 is 0 Å². The molecule has 0 saturated heterocycles. The average molecular weight is 183 g/mol. The van der Waals surface area contributed by atoms with Crippen molar-refractivity contribution in [3.8, 4) is 11.5 Å². The van der Waals surface area contributed by atoms with Gasteiger partial charge in [0.05, 0.1) is 7.11 Å². The monoisotopic (exact) mass is 183 g/mol. The molecule has 0 unspecified atom stereocenters. The number of rotatable bonds is 4. The quantitative estimate of drug-likeness (QED) is 0.607. The minimum atomic E-state index is 0.128. The van der Waals surface area contributed by atoms with Gasteiger partial charge < -0.3 is 15.1 Å². The number of hydroxylamine groups is 1. The maximum Gasteiger partial charge on any atom is 0.160 e. The Balaban J connectivity index is 2.74. The first kappa shape index (κ1) is 9.83. The van der Waals surface area contributed by atoms with Crippen molar-refractivity contribution in [1.29, 1.82) is 0 Å². The molecule has 0 fully saturated rings. The van der Waals surface area contributed by atoms with Gasteiger partial charge in [0.2, 0.25) is 0 Å². The van der Waals surface area contributed by atoms with Crippen molar-refractivity contribution in [3.05, 3.63) is 23.8 Å². The second kappa shape index (κ2) is 4.69. The predicted molar refractivity (Wildman–Crippen MR) is 48.2 cm³/mol. The van der Waals surface area contributed by atoms with Crippen molar-refractivity contribution in [3.63, 3.8) is 0 Å². The van der Waals surface area contributed by atoms with Crippen LogP contribution in [-0.4, -0.2) is 24.0 Å². The number of methoxy groups -OCH3 is 1. The summed E-state index contributed by atoms with van der Waals surface area (Å²) in [5, 5.41) is 17.6. The molecule has 3 N–H and O–H groups in total. The number of aromatic hydroxyl groups is 1. The fourth-order valence-corrected chi connectivity index (χ4v) is 1.08. The third kappa shape index (κ3) is 2.61. The van der Waals surface area contributed by atoms with Crippen LogP contribution in [0.4, 0.5) is 0 Å². The van der Waals surface area contributed by atoms with E-state index in [9.17, 15) is 5.11 Å². The minimum Gasteiger partial charge on any atom is -0.504 e. The number of benzene rings is 1. The van der Waals surface area contributed by atoms with Crippen LogP contribution in [0.5, 0.6) is 11.5 Å². The zero-order chi connectivity index (χ0) is 9.68. The fourth-order valence-electron chi connectivity index (χ4n) is 1.08. The highest BCUT2D eigenvalue weighted by Crippen LogP contribution is 2.26. The zero-order valence-corrected chi connectivity index (χ0v) is 7.45. The van der Waals surface area contributed by atoms with Crippen LogP contribution < -0.4 is 10.2 Å². The number of phenols is 1. The van der Waals surface area contributed by atoms with Crippen LogP contribution in [0.3, 0.4) is 0 Å². The van der Waals surface area contributed by atoms with Crippen molar-refractivity contribution >= 4 is 0 Å². The maximum atomic E-state index is 9.27. The van der Waals surface area contributed by atoms with Gasteiger partial charge in [0.25, 0.3) is 0 Å². The summed E-state index contributed by atoms with van der Waals surface area (Å²) in [5.41, 5.74) is 3.06. The van der Waals surface area contributed by atoms with Gasteiger partial charge in [-0.1, -0.05) is 6.07 Å². The molecule has 13 heavy (non-hydrogen) atoms. The molecule has 0 aromatic heterocycles. The van der Waals surface area contributed by atoms with Crippen LogP contribution in [0.1, 0.15) is 5.56 Å². The highest BCUT2D eigenvalue weighted by molar-refractivity contribution is 5.41. The summed E-state index contributed by atoms with van der Waals surface area (Å²) in [7, 11) is 1.50. The van der Waals surface area contributed by atoms with E-state index in [1.54, 1.807) is 18.2 Å². The number of phenolic OH excluding ortho intramolecular Hbond substituents is 1. The molecular formula is C9H13NO3. The lowest BCUT2D eigenvalue weighted by atomic mass is 10.1. The molecule has 4 nitrogen and oxygen atoms in total. The Hall–Kier alpha value is -1.26. The molecule has 0 spiro atoms. The molecule has 0 heterocycles. The summed E-state index contributed by atoms with van der Waals surface area (Å²) in [5.74, 6) is 0.582. The lowest BCUT2D eigenvalue weighted by molar-refractivity contribution is 0.168. The van der Waals surface area contributed by atoms with Gasteiger partial charge in [0.15, 0.2) is 11.5 Å². The van der Waals surface area contributed by atoms with Gasteiger partial charge in [-0.2, -0.15) is 0 Å². The Bertz CT molecular complexity index is 276. The van der Waals surface area contributed by atoms with Crippen LogP contribution in [0, 0.1) is 0 Å². The topological polar surface area (TPSA) is 61.7 Å². The van der Waals surface area contributed by atoms with E-state index >= 15 is 0 Å². The molecule has 0 aliphatic heterocycles. The van der Waals surface area contributed by atoms with Crippen molar-refractivity contribution in [1.82, 2.24) is 5.48 Å². The van der Waals surface area contributed by atoms with Crippen molar-refractivity contribution < 1.29 is 15.1 Å². The fraction of sp³-hybridized carbons (Fsp3) is 0.333. The molecule has 1 aromatic rings. The molecule has 0 bridgehead atoms. The second-order valence-electron chi connectivity index (χ2n) is 2.66. The SMILES string of the molecule is COc1cc(CCNO)ccc1O. The lowest BCUT2D eigenvalue weighted by Crippen LogP contribution is -2.11. The third-order valence-corrected chi connectivity index (χ3v) is 1.77. The first-order chi connectivity index (χ1) is 6.27. The highest BCUT2D eigenvalue weighted by atomic mass is 16.5. The summed E-state index contributed by atoms with van der Waals surface area (Å²) in [6.07, 6.45) is 0.688. The Labute approximate surface area is 76.7 Å². The predicted octanol–water partition coefficient (Wildman–Crippen LogP) is 0.922. The van der Waals surface area contributed by atoms with Gasteiger partial charge in [-0.15, -0.1) is 0 Å². The number of nitrogens with one attached hydrogen (secondary N) is 1. The summed E-state index contributed by atoms with van der Waals surface area (Å²) in [6, 6.07) is 5.10. The molecule has 0 aliphatic carbocycles. The Morgan fingerprint density at radius 1 is 1.46 bits per heavy atom. The van der Waals surface area contributed by atoms with E-state index in [2.05, 4.69) is 5.48 Å². The van der Waals surface area contributed by atoms with Crippen LogP contribution in [0.25, 0.3) is 0 Å². The van der Waals surface area contributed by atoms with Gasteiger partial charge >= 0.3 is 0 Å². The van der Waals surface area contributed by atoms with Gasteiger partial charge in [-0.25, -0.2) is 5.48 Å². The molecule has 1 aromatic carbocycles. The average Bonchev–Trinajstić information content (AvgIpc) is 2.16. The van der Waals surface area contributed by atoms with E-state index in [4.69, 9.17) is 9.94 Å². The van der Waals surface area contributed by atoms with Crippen LogP contribution >= 0.6 is 0 Å². The second-order valence-corrected chi connectivity index (χ2v) is 2.66. The summed E-state index contributed by atoms with van der Waals surface area (Å²) >= 11 is 0. The van der Waals surface area contributed by atoms with Gasteiger partial charge in [-0.05, 0) is 24.1 Å². The van der Waals surface area contributed by atoms with Gasteiger partial charge in [0.1, 0.15) is 0 Å². The third-order valence-electron chi connectivity index (χ3n) is 1.77. The number of hydrogen-bond acceptors (Lipinski definition) is 4. The minimum absolute atomic E-state index is 0.128. The first-order valence-electron chi connectivity index (χ1n) is 4.00. The van der Waals surface area contributed by atoms with Crippen molar-refractivity contribution in [2.24, 2.45) is 0 Å². The van der Waals surface area contributed by atoms with Crippen LogP contribution in [0.2, 0.25) is 0 Å². The van der Waals surface area contributed by atoms with E-state index in [1.165, 1.54) is 7.11 Å². The number of hydrogen-bond donors (Lipinski definition) is 3. The Morgan fingerprint density at radius 3 is 2.85 bits per heavy atom. The number of ether oxygens (including phenoxy) is 1. The molecule has 0 aliphatic rings. The molecule has 0 atom stereocenters. The van der Waals surface area contributed by atoms with E-state index in [0.717, 1.165) is 5.56 Å². The van der Waals surface area contributed by atoms with Gasteiger partial charge in [-0.3, -0.25) is 0 Å². The molecule has 0 saturated carbocycles. The molecule has 0 radical (unpaired) electrons. The normalized spacial score (nSPS) is 10.0. The molecule has 0 amide bonds. The largest absolute Gasteiger partial charge is 0.504 e. The Kier molecular flexibility index (Phi) is 3.54. The summed E-state index contributed by atoms with van der Waals surface area (Å²) in [4.78, 5) is 0. The first-order valence-corrected chi connectivity index (χ1v) is 4.00. The van der Waals surface area contributed by atoms with Gasteiger partial charge in [0, 0.05) is 6.54 Å². The van der Waals surface area contributed by atoms with E-state index in [0.29, 0.717) is 18.7 Å². The maximum absolute atomic E-state index is 9.27. The van der Waals surface area contributed by atoms with Crippen LogP contribution in [-0.2, 0) is 6.42 Å². The van der Waals surface area contributed by atoms with E-state index in [1.807, 2.05) is 0 Å².